The first kappa shape index (κ1) is 12.5. The molecule has 1 aliphatic rings. The summed E-state index contributed by atoms with van der Waals surface area (Å²) in [6, 6.07) is 0. The summed E-state index contributed by atoms with van der Waals surface area (Å²) in [4.78, 5) is 9.97. The molecule has 1 saturated carbocycles. The van der Waals surface area contributed by atoms with E-state index in [4.69, 9.17) is 11.6 Å². The normalized spacial score (nSPS) is 15.4. The Morgan fingerprint density at radius 3 is 2.59 bits per heavy atom. The molecule has 17 heavy (non-hydrogen) atoms. The van der Waals surface area contributed by atoms with Crippen LogP contribution in [-0.4, -0.2) is 30.0 Å². The zero-order valence-electron chi connectivity index (χ0n) is 9.75. The molecule has 2 rings (SSSR count). The number of nitrogens with zero attached hydrogens (tertiary/aromatic N) is 3. The van der Waals surface area contributed by atoms with Gasteiger partial charge in [-0.05, 0) is 19.8 Å². The highest BCUT2D eigenvalue weighted by atomic mass is 35.5. The molecule has 3 nitrogen and oxygen atoms in total. The summed E-state index contributed by atoms with van der Waals surface area (Å²) < 4.78 is 24.7. The molecule has 0 saturated heterocycles. The second-order valence-electron chi connectivity index (χ2n) is 4.37. The Bertz CT molecular complexity index is 421. The smallest absolute Gasteiger partial charge is 0.255 e. The van der Waals surface area contributed by atoms with Crippen LogP contribution in [0.3, 0.4) is 0 Å². The first-order valence-electron chi connectivity index (χ1n) is 5.52. The molecule has 0 radical (unpaired) electrons. The first-order chi connectivity index (χ1) is 7.99. The van der Waals surface area contributed by atoms with Gasteiger partial charge >= 0.3 is 0 Å². The second-order valence-corrected chi connectivity index (χ2v) is 4.73. The van der Waals surface area contributed by atoms with E-state index in [1.165, 1.54) is 4.90 Å². The van der Waals surface area contributed by atoms with Crippen molar-refractivity contribution in [2.24, 2.45) is 0 Å². The van der Waals surface area contributed by atoms with E-state index in [-0.39, 0.29) is 6.54 Å². The average molecular weight is 262 g/mol. The van der Waals surface area contributed by atoms with Crippen LogP contribution in [0.1, 0.15) is 30.1 Å². The van der Waals surface area contributed by atoms with Crippen molar-refractivity contribution in [3.05, 3.63) is 16.5 Å². The Hall–Kier alpha value is -0.970. The maximum absolute atomic E-state index is 12.4. The molecule has 0 bridgehead atoms. The van der Waals surface area contributed by atoms with Crippen molar-refractivity contribution < 1.29 is 8.78 Å². The fourth-order valence-corrected chi connectivity index (χ4v) is 1.85. The standard InChI is InChI=1S/C11H14ClF2N3/c1-6-9(12)15-10(7-3-4-7)16-11(6)17(2)5-8(13)14/h7-8H,3-5H2,1-2H3. The summed E-state index contributed by atoms with van der Waals surface area (Å²) in [5.74, 6) is 1.54. The minimum atomic E-state index is -2.39. The van der Waals surface area contributed by atoms with Gasteiger partial charge in [-0.25, -0.2) is 18.7 Å². The van der Waals surface area contributed by atoms with E-state index >= 15 is 0 Å². The SMILES string of the molecule is Cc1c(Cl)nc(C2CC2)nc1N(C)CC(F)F. The molecule has 6 heteroatoms. The molecule has 0 aromatic carbocycles. The highest BCUT2D eigenvalue weighted by Gasteiger charge is 2.28. The van der Waals surface area contributed by atoms with Gasteiger partial charge in [-0.15, -0.1) is 0 Å². The maximum Gasteiger partial charge on any atom is 0.255 e. The number of halogens is 3. The summed E-state index contributed by atoms with van der Waals surface area (Å²) >= 11 is 6.01. The fourth-order valence-electron chi connectivity index (χ4n) is 1.68. The van der Waals surface area contributed by atoms with Gasteiger partial charge in [0.2, 0.25) is 0 Å². The number of anilines is 1. The molecule has 0 aliphatic heterocycles. The second kappa shape index (κ2) is 4.72. The number of rotatable bonds is 4. The topological polar surface area (TPSA) is 29.0 Å². The summed E-state index contributed by atoms with van der Waals surface area (Å²) in [6.45, 7) is 1.40. The molecule has 0 amide bonds. The van der Waals surface area contributed by atoms with Crippen molar-refractivity contribution in [2.75, 3.05) is 18.5 Å². The van der Waals surface area contributed by atoms with Gasteiger partial charge < -0.3 is 4.90 Å². The Morgan fingerprint density at radius 1 is 1.41 bits per heavy atom. The summed E-state index contributed by atoms with van der Waals surface area (Å²) in [5, 5.41) is 0.359. The van der Waals surface area contributed by atoms with Crippen molar-refractivity contribution in [1.82, 2.24) is 9.97 Å². The molecule has 1 aromatic rings. The third-order valence-electron chi connectivity index (χ3n) is 2.79. The number of alkyl halides is 2. The van der Waals surface area contributed by atoms with Crippen molar-refractivity contribution in [2.45, 2.75) is 32.1 Å². The molecular weight excluding hydrogens is 248 g/mol. The quantitative estimate of drug-likeness (QED) is 0.780. The fraction of sp³-hybridized carbons (Fsp3) is 0.636. The van der Waals surface area contributed by atoms with Crippen LogP contribution in [-0.2, 0) is 0 Å². The minimum absolute atomic E-state index is 0.349. The van der Waals surface area contributed by atoms with Crippen LogP contribution >= 0.6 is 11.6 Å². The Balaban J connectivity index is 2.30. The Morgan fingerprint density at radius 2 is 2.06 bits per heavy atom. The van der Waals surface area contributed by atoms with Gasteiger partial charge in [0.25, 0.3) is 6.43 Å². The van der Waals surface area contributed by atoms with Crippen molar-refractivity contribution in [3.8, 4) is 0 Å². The Kier molecular flexibility index (Phi) is 3.47. The van der Waals surface area contributed by atoms with E-state index in [2.05, 4.69) is 9.97 Å². The lowest BCUT2D eigenvalue weighted by molar-refractivity contribution is 0.156. The molecule has 94 valence electrons. The monoisotopic (exact) mass is 261 g/mol. The average Bonchev–Trinajstić information content (AvgIpc) is 3.04. The van der Waals surface area contributed by atoms with E-state index < -0.39 is 6.43 Å². The van der Waals surface area contributed by atoms with E-state index in [0.29, 0.717) is 28.3 Å². The van der Waals surface area contributed by atoms with Gasteiger partial charge in [-0.1, -0.05) is 11.6 Å². The summed E-state index contributed by atoms with van der Waals surface area (Å²) in [7, 11) is 1.59. The highest BCUT2D eigenvalue weighted by molar-refractivity contribution is 6.30. The minimum Gasteiger partial charge on any atom is -0.354 e. The number of hydrogen-bond acceptors (Lipinski definition) is 3. The molecule has 1 fully saturated rings. The van der Waals surface area contributed by atoms with E-state index in [1.54, 1.807) is 14.0 Å². The molecule has 0 atom stereocenters. The largest absolute Gasteiger partial charge is 0.354 e. The number of aromatic nitrogens is 2. The highest BCUT2D eigenvalue weighted by Crippen LogP contribution is 2.39. The van der Waals surface area contributed by atoms with Crippen molar-refractivity contribution >= 4 is 17.4 Å². The maximum atomic E-state index is 12.4. The lowest BCUT2D eigenvalue weighted by Gasteiger charge is -2.20. The predicted octanol–water partition coefficient (Wildman–Crippen LogP) is 3.02. The van der Waals surface area contributed by atoms with Gasteiger partial charge in [0.15, 0.2) is 0 Å². The molecular formula is C11H14ClF2N3. The first-order valence-corrected chi connectivity index (χ1v) is 5.90. The van der Waals surface area contributed by atoms with Crippen LogP contribution in [0, 0.1) is 6.92 Å². The van der Waals surface area contributed by atoms with Crippen molar-refractivity contribution in [1.29, 1.82) is 0 Å². The lowest BCUT2D eigenvalue weighted by atomic mass is 10.3. The molecule has 0 unspecified atom stereocenters. The molecule has 1 heterocycles. The van der Waals surface area contributed by atoms with Crippen LogP contribution in [0.5, 0.6) is 0 Å². The van der Waals surface area contributed by atoms with Crippen LogP contribution in [0.4, 0.5) is 14.6 Å². The lowest BCUT2D eigenvalue weighted by Crippen LogP contribution is -2.26. The van der Waals surface area contributed by atoms with Gasteiger partial charge in [0.1, 0.15) is 16.8 Å². The zero-order valence-corrected chi connectivity index (χ0v) is 10.5. The number of hydrogen-bond donors (Lipinski definition) is 0. The van der Waals surface area contributed by atoms with Gasteiger partial charge in [0, 0.05) is 18.5 Å². The van der Waals surface area contributed by atoms with E-state index in [0.717, 1.165) is 12.8 Å². The third-order valence-corrected chi connectivity index (χ3v) is 3.16. The van der Waals surface area contributed by atoms with Gasteiger partial charge in [-0.2, -0.15) is 0 Å². The van der Waals surface area contributed by atoms with Crippen molar-refractivity contribution in [3.63, 3.8) is 0 Å². The molecule has 1 aromatic heterocycles. The Labute approximate surface area is 104 Å². The van der Waals surface area contributed by atoms with Crippen LogP contribution in [0.2, 0.25) is 5.15 Å². The van der Waals surface area contributed by atoms with Crippen LogP contribution in [0.15, 0.2) is 0 Å². The van der Waals surface area contributed by atoms with Gasteiger partial charge in [-0.3, -0.25) is 0 Å². The molecule has 0 N–H and O–H groups in total. The summed E-state index contributed by atoms with van der Waals surface area (Å²) in [6.07, 6.45) is -0.285. The third kappa shape index (κ3) is 2.83. The predicted molar refractivity (Wildman–Crippen MR) is 63.0 cm³/mol. The zero-order chi connectivity index (χ0) is 12.6. The molecule has 1 aliphatic carbocycles. The van der Waals surface area contributed by atoms with Gasteiger partial charge in [0.05, 0.1) is 6.54 Å². The summed E-state index contributed by atoms with van der Waals surface area (Å²) in [5.41, 5.74) is 0.652. The van der Waals surface area contributed by atoms with Crippen LogP contribution in [0.25, 0.3) is 0 Å². The van der Waals surface area contributed by atoms with Crippen LogP contribution < -0.4 is 4.90 Å². The van der Waals surface area contributed by atoms with E-state index in [1.807, 2.05) is 0 Å². The molecule has 0 spiro atoms. The van der Waals surface area contributed by atoms with E-state index in [9.17, 15) is 8.78 Å².